The van der Waals surface area contributed by atoms with Gasteiger partial charge in [0.15, 0.2) is 5.69 Å². The van der Waals surface area contributed by atoms with Gasteiger partial charge in [-0.25, -0.2) is 4.98 Å². The van der Waals surface area contributed by atoms with Gasteiger partial charge in [0.25, 0.3) is 5.91 Å². The van der Waals surface area contributed by atoms with Crippen LogP contribution in [0.15, 0.2) is 89.8 Å². The molecular formula is C26H23F3N4O2. The number of rotatable bonds is 9. The molecule has 0 atom stereocenters. The van der Waals surface area contributed by atoms with Crippen molar-refractivity contribution in [1.82, 2.24) is 20.2 Å². The molecule has 0 unspecified atom stereocenters. The second-order valence-electron chi connectivity index (χ2n) is 7.96. The van der Waals surface area contributed by atoms with Gasteiger partial charge in [-0.2, -0.15) is 13.2 Å². The lowest BCUT2D eigenvalue weighted by Gasteiger charge is -2.23. The zero-order chi connectivity index (χ0) is 24.7. The molecule has 0 aliphatic heterocycles. The average molecular weight is 480 g/mol. The van der Waals surface area contributed by atoms with Crippen molar-refractivity contribution in [3.8, 4) is 0 Å². The summed E-state index contributed by atoms with van der Waals surface area (Å²) >= 11 is 0. The lowest BCUT2D eigenvalue weighted by molar-refractivity contribution is -0.138. The van der Waals surface area contributed by atoms with Gasteiger partial charge in [0, 0.05) is 32.0 Å². The number of aromatic nitrogens is 2. The van der Waals surface area contributed by atoms with E-state index in [4.69, 9.17) is 4.42 Å². The molecule has 0 saturated carbocycles. The molecule has 1 amide bonds. The number of halogens is 3. The van der Waals surface area contributed by atoms with Gasteiger partial charge < -0.3 is 9.73 Å². The molecule has 180 valence electrons. The van der Waals surface area contributed by atoms with E-state index >= 15 is 0 Å². The first kappa shape index (κ1) is 24.2. The Morgan fingerprint density at radius 3 is 2.40 bits per heavy atom. The molecule has 2 heterocycles. The first-order chi connectivity index (χ1) is 16.9. The Kier molecular flexibility index (Phi) is 7.57. The highest BCUT2D eigenvalue weighted by Crippen LogP contribution is 2.32. The van der Waals surface area contributed by atoms with E-state index in [0.29, 0.717) is 6.54 Å². The molecule has 0 bridgehead atoms. The van der Waals surface area contributed by atoms with Crippen molar-refractivity contribution < 1.29 is 22.4 Å². The molecular weight excluding hydrogens is 457 g/mol. The second-order valence-corrected chi connectivity index (χ2v) is 7.96. The van der Waals surface area contributed by atoms with Gasteiger partial charge in [-0.15, -0.1) is 0 Å². The third kappa shape index (κ3) is 6.77. The molecule has 35 heavy (non-hydrogen) atoms. The van der Waals surface area contributed by atoms with E-state index in [1.807, 2.05) is 36.4 Å². The van der Waals surface area contributed by atoms with Gasteiger partial charge >= 0.3 is 6.18 Å². The molecule has 2 aromatic carbocycles. The van der Waals surface area contributed by atoms with Crippen LogP contribution in [0, 0.1) is 0 Å². The smallest absolute Gasteiger partial charge is 0.416 e. The van der Waals surface area contributed by atoms with Crippen LogP contribution in [0.2, 0.25) is 0 Å². The standard InChI is InChI=1S/C26H23F3N4O2/c27-26(28,29)22-11-5-4-10-21(22)16-33(15-19-7-2-1-3-8-19)17-24-32-23(18-35-24)25(34)31-14-20-9-6-12-30-13-20/h1-13,18H,14-17H2,(H,31,34). The predicted molar refractivity (Wildman–Crippen MR) is 123 cm³/mol. The highest BCUT2D eigenvalue weighted by molar-refractivity contribution is 5.91. The molecule has 0 saturated heterocycles. The fourth-order valence-corrected chi connectivity index (χ4v) is 3.64. The van der Waals surface area contributed by atoms with Gasteiger partial charge in [0.05, 0.1) is 12.1 Å². The van der Waals surface area contributed by atoms with Crippen LogP contribution >= 0.6 is 0 Å². The van der Waals surface area contributed by atoms with Gasteiger partial charge in [-0.3, -0.25) is 14.7 Å². The summed E-state index contributed by atoms with van der Waals surface area (Å²) in [5.74, 6) is -0.183. The van der Waals surface area contributed by atoms with Crippen molar-refractivity contribution in [3.63, 3.8) is 0 Å². The van der Waals surface area contributed by atoms with Crippen LogP contribution in [0.5, 0.6) is 0 Å². The van der Waals surface area contributed by atoms with Crippen LogP contribution in [0.3, 0.4) is 0 Å². The highest BCUT2D eigenvalue weighted by atomic mass is 19.4. The largest absolute Gasteiger partial charge is 0.447 e. The van der Waals surface area contributed by atoms with E-state index in [1.54, 1.807) is 29.4 Å². The van der Waals surface area contributed by atoms with Gasteiger partial charge in [-0.05, 0) is 28.8 Å². The fraction of sp³-hybridized carbons (Fsp3) is 0.192. The number of pyridine rings is 1. The van der Waals surface area contributed by atoms with Crippen molar-refractivity contribution in [2.45, 2.75) is 32.4 Å². The normalized spacial score (nSPS) is 11.5. The summed E-state index contributed by atoms with van der Waals surface area (Å²) in [4.78, 5) is 22.5. The molecule has 0 fully saturated rings. The van der Waals surface area contributed by atoms with E-state index in [0.717, 1.165) is 17.2 Å². The lowest BCUT2D eigenvalue weighted by Crippen LogP contribution is -2.25. The molecule has 0 aliphatic carbocycles. The summed E-state index contributed by atoms with van der Waals surface area (Å²) in [5, 5.41) is 2.75. The molecule has 0 aliphatic rings. The van der Waals surface area contributed by atoms with Gasteiger partial charge in [0.2, 0.25) is 5.89 Å². The van der Waals surface area contributed by atoms with Crippen LogP contribution in [0.25, 0.3) is 0 Å². The number of carbonyl (C=O) groups is 1. The number of hydrogen-bond donors (Lipinski definition) is 1. The Hall–Kier alpha value is -3.98. The van der Waals surface area contributed by atoms with E-state index in [2.05, 4.69) is 15.3 Å². The maximum absolute atomic E-state index is 13.5. The average Bonchev–Trinajstić information content (AvgIpc) is 3.32. The number of nitrogens with one attached hydrogen (secondary N) is 1. The van der Waals surface area contributed by atoms with Crippen molar-refractivity contribution in [1.29, 1.82) is 0 Å². The Bertz CT molecular complexity index is 1240. The first-order valence-electron chi connectivity index (χ1n) is 10.9. The minimum atomic E-state index is -4.46. The monoisotopic (exact) mass is 480 g/mol. The zero-order valence-electron chi connectivity index (χ0n) is 18.7. The molecule has 1 N–H and O–H groups in total. The third-order valence-corrected chi connectivity index (χ3v) is 5.28. The maximum Gasteiger partial charge on any atom is 0.416 e. The van der Waals surface area contributed by atoms with Crippen LogP contribution in [-0.4, -0.2) is 20.8 Å². The van der Waals surface area contributed by atoms with E-state index in [-0.39, 0.29) is 36.8 Å². The quantitative estimate of drug-likeness (QED) is 0.356. The van der Waals surface area contributed by atoms with Crippen LogP contribution in [0.4, 0.5) is 13.2 Å². The Morgan fingerprint density at radius 2 is 1.66 bits per heavy atom. The number of oxazole rings is 1. The molecule has 2 aromatic heterocycles. The Balaban J connectivity index is 1.49. The van der Waals surface area contributed by atoms with Crippen LogP contribution < -0.4 is 5.32 Å². The van der Waals surface area contributed by atoms with E-state index < -0.39 is 17.6 Å². The van der Waals surface area contributed by atoms with Crippen molar-refractivity contribution in [3.05, 3.63) is 119 Å². The molecule has 9 heteroatoms. The summed E-state index contributed by atoms with van der Waals surface area (Å²) in [6.07, 6.45) is 0.0774. The fourth-order valence-electron chi connectivity index (χ4n) is 3.64. The van der Waals surface area contributed by atoms with Crippen molar-refractivity contribution in [2.24, 2.45) is 0 Å². The molecule has 0 spiro atoms. The molecule has 4 aromatic rings. The topological polar surface area (TPSA) is 71.3 Å². The van der Waals surface area contributed by atoms with E-state index in [1.165, 1.54) is 18.4 Å². The SMILES string of the molecule is O=C(NCc1cccnc1)c1coc(CN(Cc2ccccc2)Cc2ccccc2C(F)(F)F)n1. The number of hydrogen-bond acceptors (Lipinski definition) is 5. The summed E-state index contributed by atoms with van der Waals surface area (Å²) < 4.78 is 46.1. The lowest BCUT2D eigenvalue weighted by atomic mass is 10.1. The van der Waals surface area contributed by atoms with Crippen LogP contribution in [-0.2, 0) is 32.4 Å². The summed E-state index contributed by atoms with van der Waals surface area (Å²) in [7, 11) is 0. The summed E-state index contributed by atoms with van der Waals surface area (Å²) in [6.45, 7) is 0.799. The predicted octanol–water partition coefficient (Wildman–Crippen LogP) is 5.22. The van der Waals surface area contributed by atoms with Crippen molar-refractivity contribution >= 4 is 5.91 Å². The molecule has 0 radical (unpaired) electrons. The maximum atomic E-state index is 13.5. The third-order valence-electron chi connectivity index (χ3n) is 5.28. The summed E-state index contributed by atoms with van der Waals surface area (Å²) in [6, 6.07) is 18.5. The Labute approximate surface area is 200 Å². The number of amides is 1. The van der Waals surface area contributed by atoms with Gasteiger partial charge in [-0.1, -0.05) is 54.6 Å². The zero-order valence-corrected chi connectivity index (χ0v) is 18.7. The highest BCUT2D eigenvalue weighted by Gasteiger charge is 2.33. The van der Waals surface area contributed by atoms with Crippen molar-refractivity contribution in [2.75, 3.05) is 0 Å². The minimum Gasteiger partial charge on any atom is -0.447 e. The van der Waals surface area contributed by atoms with Crippen LogP contribution in [0.1, 0.15) is 38.6 Å². The summed E-state index contributed by atoms with van der Waals surface area (Å²) in [5.41, 5.74) is 1.33. The second kappa shape index (κ2) is 11.0. The first-order valence-corrected chi connectivity index (χ1v) is 10.9. The molecule has 4 rings (SSSR count). The number of alkyl halides is 3. The minimum absolute atomic E-state index is 0.0233. The number of nitrogens with zero attached hydrogens (tertiary/aromatic N) is 3. The van der Waals surface area contributed by atoms with E-state index in [9.17, 15) is 18.0 Å². The number of carbonyl (C=O) groups excluding carboxylic acids is 1. The Morgan fingerprint density at radius 1 is 0.914 bits per heavy atom. The van der Waals surface area contributed by atoms with Gasteiger partial charge in [0.1, 0.15) is 6.26 Å². The molecule has 6 nitrogen and oxygen atoms in total. The number of benzene rings is 2.